The molecule has 0 spiro atoms. The molecule has 1 N–H and O–H groups in total. The Labute approximate surface area is 133 Å². The van der Waals surface area contributed by atoms with E-state index in [0.29, 0.717) is 12.1 Å². The fraction of sp³-hybridized carbons (Fsp3) is 0.625. The lowest BCUT2D eigenvalue weighted by Crippen LogP contribution is -2.30. The summed E-state index contributed by atoms with van der Waals surface area (Å²) in [6.07, 6.45) is 3.27. The Hall–Kier alpha value is -0.380. The second kappa shape index (κ2) is 8.81. The van der Waals surface area contributed by atoms with Crippen LogP contribution in [0.3, 0.4) is 0 Å². The fourth-order valence-electron chi connectivity index (χ4n) is 2.16. The number of hydrogen-bond donors (Lipinski definition) is 1. The average Bonchev–Trinajstić information content (AvgIpc) is 2.44. The van der Waals surface area contributed by atoms with Gasteiger partial charge in [0.25, 0.3) is 0 Å². The molecule has 0 aliphatic rings. The molecule has 1 aromatic rings. The lowest BCUT2D eigenvalue weighted by Gasteiger charge is -2.27. The number of nitrogens with zero attached hydrogens (tertiary/aromatic N) is 1. The van der Waals surface area contributed by atoms with E-state index in [4.69, 9.17) is 11.6 Å². The van der Waals surface area contributed by atoms with Gasteiger partial charge >= 0.3 is 0 Å². The van der Waals surface area contributed by atoms with Crippen molar-refractivity contribution in [3.8, 4) is 0 Å². The first-order chi connectivity index (χ1) is 9.51. The van der Waals surface area contributed by atoms with E-state index in [1.807, 2.05) is 11.8 Å². The molecule has 0 aliphatic heterocycles. The summed E-state index contributed by atoms with van der Waals surface area (Å²) in [5.41, 5.74) is 2.36. The highest BCUT2D eigenvalue weighted by Gasteiger charge is 2.13. The maximum absolute atomic E-state index is 6.46. The van der Waals surface area contributed by atoms with Gasteiger partial charge < -0.3 is 10.2 Å². The zero-order chi connectivity index (χ0) is 15.1. The summed E-state index contributed by atoms with van der Waals surface area (Å²) in [4.78, 5) is 2.29. The molecule has 2 unspecified atom stereocenters. The maximum Gasteiger partial charge on any atom is 0.0474 e. The molecule has 4 heteroatoms. The Kier molecular flexibility index (Phi) is 7.78. The van der Waals surface area contributed by atoms with Gasteiger partial charge in [-0.15, -0.1) is 0 Å². The van der Waals surface area contributed by atoms with E-state index in [1.54, 1.807) is 0 Å². The third-order valence-electron chi connectivity index (χ3n) is 3.63. The number of benzene rings is 1. The molecule has 0 radical (unpaired) electrons. The SMILES string of the molecule is CCCNC(C)c1ccc(N(C)C(C)CSC)cc1Cl. The summed E-state index contributed by atoms with van der Waals surface area (Å²) < 4.78 is 0. The Morgan fingerprint density at radius 1 is 1.35 bits per heavy atom. The van der Waals surface area contributed by atoms with E-state index in [-0.39, 0.29) is 0 Å². The second-order valence-electron chi connectivity index (χ2n) is 5.30. The van der Waals surface area contributed by atoms with E-state index in [9.17, 15) is 0 Å². The fourth-order valence-corrected chi connectivity index (χ4v) is 3.21. The number of thioether (sulfide) groups is 1. The van der Waals surface area contributed by atoms with Gasteiger partial charge in [0.2, 0.25) is 0 Å². The first kappa shape index (κ1) is 17.7. The highest BCUT2D eigenvalue weighted by Crippen LogP contribution is 2.28. The van der Waals surface area contributed by atoms with Crippen molar-refractivity contribution in [1.82, 2.24) is 5.32 Å². The van der Waals surface area contributed by atoms with Gasteiger partial charge in [-0.2, -0.15) is 11.8 Å². The smallest absolute Gasteiger partial charge is 0.0474 e. The molecular formula is C16H27ClN2S. The summed E-state index contributed by atoms with van der Waals surface area (Å²) in [6.45, 7) is 7.59. The number of halogens is 1. The van der Waals surface area contributed by atoms with Crippen LogP contribution in [0.25, 0.3) is 0 Å². The summed E-state index contributed by atoms with van der Waals surface area (Å²) >= 11 is 8.33. The summed E-state index contributed by atoms with van der Waals surface area (Å²) in [5.74, 6) is 1.12. The molecule has 2 nitrogen and oxygen atoms in total. The van der Waals surface area contributed by atoms with E-state index in [1.165, 1.54) is 11.3 Å². The molecule has 1 rings (SSSR count). The third kappa shape index (κ3) is 4.87. The highest BCUT2D eigenvalue weighted by molar-refractivity contribution is 7.98. The minimum Gasteiger partial charge on any atom is -0.371 e. The highest BCUT2D eigenvalue weighted by atomic mass is 35.5. The predicted molar refractivity (Wildman–Crippen MR) is 94.4 cm³/mol. The summed E-state index contributed by atoms with van der Waals surface area (Å²) in [5, 5.41) is 4.33. The Balaban J connectivity index is 2.81. The van der Waals surface area contributed by atoms with Crippen LogP contribution in [0.5, 0.6) is 0 Å². The molecule has 20 heavy (non-hydrogen) atoms. The molecule has 0 heterocycles. The van der Waals surface area contributed by atoms with E-state index in [2.05, 4.69) is 62.5 Å². The summed E-state index contributed by atoms with van der Waals surface area (Å²) in [6, 6.07) is 7.20. The van der Waals surface area contributed by atoms with Gasteiger partial charge in [0.05, 0.1) is 0 Å². The van der Waals surface area contributed by atoms with Crippen molar-refractivity contribution >= 4 is 29.1 Å². The molecule has 0 aliphatic carbocycles. The van der Waals surface area contributed by atoms with Gasteiger partial charge in [0.15, 0.2) is 0 Å². The molecule has 0 bridgehead atoms. The van der Waals surface area contributed by atoms with Crippen LogP contribution in [-0.2, 0) is 0 Å². The minimum absolute atomic E-state index is 0.297. The lowest BCUT2D eigenvalue weighted by molar-refractivity contribution is 0.571. The molecule has 114 valence electrons. The topological polar surface area (TPSA) is 15.3 Å². The second-order valence-corrected chi connectivity index (χ2v) is 6.61. The van der Waals surface area contributed by atoms with Gasteiger partial charge in [-0.25, -0.2) is 0 Å². The van der Waals surface area contributed by atoms with Gasteiger partial charge in [0, 0.05) is 35.6 Å². The zero-order valence-corrected chi connectivity index (χ0v) is 14.8. The zero-order valence-electron chi connectivity index (χ0n) is 13.2. The van der Waals surface area contributed by atoms with Gasteiger partial charge in [0.1, 0.15) is 0 Å². The van der Waals surface area contributed by atoms with Crippen LogP contribution in [0.2, 0.25) is 5.02 Å². The minimum atomic E-state index is 0.297. The molecule has 0 saturated carbocycles. The van der Waals surface area contributed by atoms with Crippen LogP contribution >= 0.6 is 23.4 Å². The first-order valence-corrected chi connectivity index (χ1v) is 9.03. The summed E-state index contributed by atoms with van der Waals surface area (Å²) in [7, 11) is 2.13. The quantitative estimate of drug-likeness (QED) is 0.755. The predicted octanol–water partition coefficient (Wildman–Crippen LogP) is 4.59. The Morgan fingerprint density at radius 3 is 2.60 bits per heavy atom. The average molecular weight is 315 g/mol. The number of rotatable bonds is 8. The molecule has 0 aromatic heterocycles. The van der Waals surface area contributed by atoms with Crippen LogP contribution in [0, 0.1) is 0 Å². The van der Waals surface area contributed by atoms with Crippen molar-refractivity contribution in [3.05, 3.63) is 28.8 Å². The number of nitrogens with one attached hydrogen (secondary N) is 1. The molecular weight excluding hydrogens is 288 g/mol. The van der Waals surface area contributed by atoms with Crippen molar-refractivity contribution in [2.75, 3.05) is 30.5 Å². The third-order valence-corrected chi connectivity index (χ3v) is 4.77. The number of hydrogen-bond acceptors (Lipinski definition) is 3. The van der Waals surface area contributed by atoms with Crippen LogP contribution in [0.4, 0.5) is 5.69 Å². The molecule has 0 fully saturated rings. The first-order valence-electron chi connectivity index (χ1n) is 7.25. The van der Waals surface area contributed by atoms with Crippen LogP contribution in [-0.4, -0.2) is 31.6 Å². The number of anilines is 1. The van der Waals surface area contributed by atoms with Gasteiger partial charge in [-0.3, -0.25) is 0 Å². The normalized spacial score (nSPS) is 14.1. The maximum atomic E-state index is 6.46. The van der Waals surface area contributed by atoms with Crippen LogP contribution < -0.4 is 10.2 Å². The largest absolute Gasteiger partial charge is 0.371 e. The van der Waals surface area contributed by atoms with E-state index in [0.717, 1.165) is 23.7 Å². The Bertz CT molecular complexity index is 411. The van der Waals surface area contributed by atoms with Gasteiger partial charge in [-0.05, 0) is 50.8 Å². The monoisotopic (exact) mass is 314 g/mol. The molecule has 1 aromatic carbocycles. The van der Waals surface area contributed by atoms with Crippen molar-refractivity contribution in [1.29, 1.82) is 0 Å². The van der Waals surface area contributed by atoms with E-state index >= 15 is 0 Å². The molecule has 0 amide bonds. The van der Waals surface area contributed by atoms with Crippen molar-refractivity contribution in [2.45, 2.75) is 39.3 Å². The standard InChI is InChI=1S/C16H27ClN2S/c1-6-9-18-13(3)15-8-7-14(10-16(15)17)19(4)12(2)11-20-5/h7-8,10,12-13,18H,6,9,11H2,1-5H3. The van der Waals surface area contributed by atoms with E-state index < -0.39 is 0 Å². The Morgan fingerprint density at radius 2 is 2.05 bits per heavy atom. The van der Waals surface area contributed by atoms with Crippen molar-refractivity contribution < 1.29 is 0 Å². The van der Waals surface area contributed by atoms with Crippen LogP contribution in [0.1, 0.15) is 38.8 Å². The lowest BCUT2D eigenvalue weighted by atomic mass is 10.1. The molecule has 2 atom stereocenters. The van der Waals surface area contributed by atoms with Crippen molar-refractivity contribution in [2.24, 2.45) is 0 Å². The van der Waals surface area contributed by atoms with Crippen molar-refractivity contribution in [3.63, 3.8) is 0 Å². The van der Waals surface area contributed by atoms with Gasteiger partial charge in [-0.1, -0.05) is 24.6 Å². The molecule has 0 saturated heterocycles. The van der Waals surface area contributed by atoms with Crippen LogP contribution in [0.15, 0.2) is 18.2 Å².